The fraction of sp³-hybridized carbons (Fsp3) is 0.158. The molecule has 3 rings (SSSR count). The third-order valence-electron chi connectivity index (χ3n) is 3.83. The van der Waals surface area contributed by atoms with Crippen molar-refractivity contribution in [1.82, 2.24) is 0 Å². The van der Waals surface area contributed by atoms with Gasteiger partial charge in [0.05, 0.1) is 5.39 Å². The maximum Gasteiger partial charge on any atom is 0.336 e. The second-order valence-corrected chi connectivity index (χ2v) is 5.86. The number of fused-ring (bicyclic) bond motifs is 1. The lowest BCUT2D eigenvalue weighted by molar-refractivity contribution is 0.0937. The number of benzene rings is 2. The van der Waals surface area contributed by atoms with E-state index in [1.165, 1.54) is 6.07 Å². The fourth-order valence-corrected chi connectivity index (χ4v) is 2.69. The van der Waals surface area contributed by atoms with Crippen LogP contribution in [0, 0.1) is 5.92 Å². The van der Waals surface area contributed by atoms with E-state index in [4.69, 9.17) is 4.42 Å². The van der Waals surface area contributed by atoms with Gasteiger partial charge in [-0.05, 0) is 5.56 Å². The van der Waals surface area contributed by atoms with Gasteiger partial charge in [0.15, 0.2) is 11.4 Å². The van der Waals surface area contributed by atoms with Crippen LogP contribution in [0.2, 0.25) is 0 Å². The zero-order chi connectivity index (χ0) is 17.4. The maximum atomic E-state index is 12.4. The number of rotatable bonds is 3. The Balaban J connectivity index is 2.48. The molecule has 0 spiro atoms. The molecular formula is C19H16O5. The van der Waals surface area contributed by atoms with Gasteiger partial charge in [0.25, 0.3) is 0 Å². The van der Waals surface area contributed by atoms with Gasteiger partial charge in [-0.25, -0.2) is 4.79 Å². The molecule has 0 saturated carbocycles. The first-order valence-electron chi connectivity index (χ1n) is 7.52. The second kappa shape index (κ2) is 5.85. The molecular weight excluding hydrogens is 308 g/mol. The van der Waals surface area contributed by atoms with Gasteiger partial charge in [0, 0.05) is 23.6 Å². The summed E-state index contributed by atoms with van der Waals surface area (Å²) in [4.78, 5) is 24.4. The smallest absolute Gasteiger partial charge is 0.336 e. The van der Waals surface area contributed by atoms with Crippen LogP contribution in [0.15, 0.2) is 51.7 Å². The highest BCUT2D eigenvalue weighted by Crippen LogP contribution is 2.40. The van der Waals surface area contributed by atoms with E-state index in [0.29, 0.717) is 11.1 Å². The standard InChI is InChI=1S/C19H16O5/c1-10(2)18(23)17-14(21)9-13(20)16-12(8-15(22)24-19(16)17)11-6-4-3-5-7-11/h3-10,20-21H,1-2H3. The molecule has 2 N–H and O–H groups in total. The van der Waals surface area contributed by atoms with Crippen LogP contribution in [0.3, 0.4) is 0 Å². The lowest BCUT2D eigenvalue weighted by atomic mass is 9.94. The predicted molar refractivity (Wildman–Crippen MR) is 90.4 cm³/mol. The number of carbonyl (C=O) groups is 1. The molecule has 0 saturated heterocycles. The van der Waals surface area contributed by atoms with E-state index in [0.717, 1.165) is 6.07 Å². The van der Waals surface area contributed by atoms with Crippen LogP contribution < -0.4 is 5.63 Å². The lowest BCUT2D eigenvalue weighted by Gasteiger charge is -2.13. The number of ketones is 1. The van der Waals surface area contributed by atoms with Crippen molar-refractivity contribution < 1.29 is 19.4 Å². The molecule has 0 amide bonds. The molecule has 0 aliphatic heterocycles. The molecule has 0 unspecified atom stereocenters. The first-order chi connectivity index (χ1) is 11.4. The third-order valence-corrected chi connectivity index (χ3v) is 3.83. The molecule has 3 aromatic rings. The summed E-state index contributed by atoms with van der Waals surface area (Å²) in [7, 11) is 0. The topological polar surface area (TPSA) is 87.7 Å². The molecule has 0 radical (unpaired) electrons. The summed E-state index contributed by atoms with van der Waals surface area (Å²) in [6.07, 6.45) is 0. The Morgan fingerprint density at radius 3 is 2.33 bits per heavy atom. The van der Waals surface area contributed by atoms with Gasteiger partial charge in [-0.3, -0.25) is 4.79 Å². The highest BCUT2D eigenvalue weighted by atomic mass is 16.4. The molecule has 1 heterocycles. The zero-order valence-electron chi connectivity index (χ0n) is 13.2. The van der Waals surface area contributed by atoms with Crippen molar-refractivity contribution in [2.75, 3.05) is 0 Å². The molecule has 0 aliphatic carbocycles. The first-order valence-corrected chi connectivity index (χ1v) is 7.52. The molecule has 0 bridgehead atoms. The quantitative estimate of drug-likeness (QED) is 0.566. The van der Waals surface area contributed by atoms with Gasteiger partial charge in [-0.1, -0.05) is 44.2 Å². The SMILES string of the molecule is CC(C)C(=O)c1c(O)cc(O)c2c(-c3ccccc3)cc(=O)oc12. The van der Waals surface area contributed by atoms with E-state index < -0.39 is 17.3 Å². The van der Waals surface area contributed by atoms with Crippen LogP contribution in [0.5, 0.6) is 11.5 Å². The summed E-state index contributed by atoms with van der Waals surface area (Å²) in [5, 5.41) is 20.6. The number of Topliss-reactive ketones (excluding diaryl/α,β-unsaturated/α-hetero) is 1. The molecule has 24 heavy (non-hydrogen) atoms. The van der Waals surface area contributed by atoms with Gasteiger partial charge < -0.3 is 14.6 Å². The number of hydrogen-bond acceptors (Lipinski definition) is 5. The van der Waals surface area contributed by atoms with Crippen LogP contribution >= 0.6 is 0 Å². The van der Waals surface area contributed by atoms with Crippen LogP contribution in [0.4, 0.5) is 0 Å². The Morgan fingerprint density at radius 2 is 1.71 bits per heavy atom. The van der Waals surface area contributed by atoms with Crippen molar-refractivity contribution in [2.24, 2.45) is 5.92 Å². The lowest BCUT2D eigenvalue weighted by Crippen LogP contribution is -2.10. The highest BCUT2D eigenvalue weighted by Gasteiger charge is 2.24. The van der Waals surface area contributed by atoms with Crippen molar-refractivity contribution in [3.05, 3.63) is 58.4 Å². The molecule has 5 nitrogen and oxygen atoms in total. The summed E-state index contributed by atoms with van der Waals surface area (Å²) < 4.78 is 5.19. The number of carbonyl (C=O) groups excluding carboxylic acids is 1. The number of aromatic hydroxyl groups is 2. The van der Waals surface area contributed by atoms with E-state index in [-0.39, 0.29) is 28.1 Å². The van der Waals surface area contributed by atoms with Crippen molar-refractivity contribution in [1.29, 1.82) is 0 Å². The summed E-state index contributed by atoms with van der Waals surface area (Å²) in [6.45, 7) is 3.36. The predicted octanol–water partition coefficient (Wildman–Crippen LogP) is 3.71. The van der Waals surface area contributed by atoms with Gasteiger partial charge in [-0.2, -0.15) is 0 Å². The molecule has 1 aromatic heterocycles. The Kier molecular flexibility index (Phi) is 3.85. The zero-order valence-corrected chi connectivity index (χ0v) is 13.2. The summed E-state index contributed by atoms with van der Waals surface area (Å²) in [5.74, 6) is -1.45. The van der Waals surface area contributed by atoms with Crippen LogP contribution in [-0.2, 0) is 0 Å². The van der Waals surface area contributed by atoms with Gasteiger partial charge in [0.1, 0.15) is 17.1 Å². The highest BCUT2D eigenvalue weighted by molar-refractivity contribution is 6.13. The van der Waals surface area contributed by atoms with Crippen molar-refractivity contribution in [3.8, 4) is 22.6 Å². The Labute approximate surface area is 137 Å². The van der Waals surface area contributed by atoms with Crippen LogP contribution in [0.1, 0.15) is 24.2 Å². The Hall–Kier alpha value is -3.08. The molecule has 5 heteroatoms. The van der Waals surface area contributed by atoms with E-state index in [9.17, 15) is 19.8 Å². The normalized spacial score (nSPS) is 11.1. The number of phenolic OH excluding ortho intramolecular Hbond substituents is 2. The van der Waals surface area contributed by atoms with E-state index in [1.807, 2.05) is 6.07 Å². The van der Waals surface area contributed by atoms with Gasteiger partial charge >= 0.3 is 5.63 Å². The van der Waals surface area contributed by atoms with Gasteiger partial charge in [-0.15, -0.1) is 0 Å². The van der Waals surface area contributed by atoms with Crippen LogP contribution in [0.25, 0.3) is 22.1 Å². The summed E-state index contributed by atoms with van der Waals surface area (Å²) in [6, 6.07) is 11.4. The van der Waals surface area contributed by atoms with Crippen molar-refractivity contribution >= 4 is 16.8 Å². The summed E-state index contributed by atoms with van der Waals surface area (Å²) >= 11 is 0. The average Bonchev–Trinajstić information content (AvgIpc) is 2.54. The van der Waals surface area contributed by atoms with E-state index >= 15 is 0 Å². The molecule has 0 atom stereocenters. The average molecular weight is 324 g/mol. The molecule has 0 fully saturated rings. The molecule has 122 valence electrons. The second-order valence-electron chi connectivity index (χ2n) is 5.86. The summed E-state index contributed by atoms with van der Waals surface area (Å²) in [5.41, 5.74) is 0.283. The Morgan fingerprint density at radius 1 is 1.04 bits per heavy atom. The Bertz CT molecular complexity index is 984. The van der Waals surface area contributed by atoms with Crippen molar-refractivity contribution in [3.63, 3.8) is 0 Å². The van der Waals surface area contributed by atoms with Crippen LogP contribution in [-0.4, -0.2) is 16.0 Å². The fourth-order valence-electron chi connectivity index (χ4n) is 2.69. The first kappa shape index (κ1) is 15.8. The monoisotopic (exact) mass is 324 g/mol. The largest absolute Gasteiger partial charge is 0.507 e. The number of phenols is 2. The minimum atomic E-state index is -0.663. The molecule has 2 aromatic carbocycles. The minimum Gasteiger partial charge on any atom is -0.507 e. The van der Waals surface area contributed by atoms with Gasteiger partial charge in [0.2, 0.25) is 0 Å². The minimum absolute atomic E-state index is 0.0901. The van der Waals surface area contributed by atoms with Crippen molar-refractivity contribution in [2.45, 2.75) is 13.8 Å². The molecule has 0 aliphatic rings. The third kappa shape index (κ3) is 2.54. The maximum absolute atomic E-state index is 12.4. The van der Waals surface area contributed by atoms with E-state index in [1.54, 1.807) is 38.1 Å². The number of hydrogen-bond donors (Lipinski definition) is 2. The van der Waals surface area contributed by atoms with E-state index in [2.05, 4.69) is 0 Å².